The van der Waals surface area contributed by atoms with Crippen molar-refractivity contribution in [3.8, 4) is 0 Å². The molecule has 158 valence electrons. The van der Waals surface area contributed by atoms with Crippen molar-refractivity contribution in [2.75, 3.05) is 37.9 Å². The number of benzene rings is 1. The summed E-state index contributed by atoms with van der Waals surface area (Å²) in [5, 5.41) is 3.99. The Balaban J connectivity index is 1.61. The summed E-state index contributed by atoms with van der Waals surface area (Å²) in [6.45, 7) is 5.91. The first-order chi connectivity index (χ1) is 13.9. The third-order valence-electron chi connectivity index (χ3n) is 5.28. The number of aromatic nitrogens is 1. The van der Waals surface area contributed by atoms with Crippen LogP contribution in [0.4, 0.5) is 5.69 Å². The van der Waals surface area contributed by atoms with E-state index in [1.54, 1.807) is 11.8 Å². The van der Waals surface area contributed by atoms with Crippen LogP contribution >= 0.6 is 11.8 Å². The Bertz CT molecular complexity index is 779. The van der Waals surface area contributed by atoms with Gasteiger partial charge < -0.3 is 19.1 Å². The van der Waals surface area contributed by atoms with Gasteiger partial charge in [0.2, 0.25) is 5.91 Å². The lowest BCUT2D eigenvalue weighted by atomic mass is 10.1. The van der Waals surface area contributed by atoms with Gasteiger partial charge in [-0.2, -0.15) is 0 Å². The van der Waals surface area contributed by atoms with Crippen molar-refractivity contribution >= 4 is 23.4 Å². The van der Waals surface area contributed by atoms with E-state index < -0.39 is 0 Å². The van der Waals surface area contributed by atoms with E-state index in [9.17, 15) is 4.79 Å². The maximum atomic E-state index is 13.0. The summed E-state index contributed by atoms with van der Waals surface area (Å²) in [5.74, 6) is 2.15. The highest BCUT2D eigenvalue weighted by Gasteiger charge is 2.23. The summed E-state index contributed by atoms with van der Waals surface area (Å²) in [7, 11) is 4.05. The van der Waals surface area contributed by atoms with Crippen molar-refractivity contribution in [2.45, 2.75) is 45.1 Å². The Hall–Kier alpha value is -1.99. The second-order valence-corrected chi connectivity index (χ2v) is 8.75. The molecule has 1 atom stereocenters. The van der Waals surface area contributed by atoms with Crippen molar-refractivity contribution < 1.29 is 14.1 Å². The zero-order valence-corrected chi connectivity index (χ0v) is 18.6. The fourth-order valence-corrected chi connectivity index (χ4v) is 4.52. The molecule has 0 spiro atoms. The lowest BCUT2D eigenvalue weighted by Gasteiger charge is -2.26. The van der Waals surface area contributed by atoms with Crippen LogP contribution in [0.15, 0.2) is 28.8 Å². The van der Waals surface area contributed by atoms with Crippen LogP contribution in [0, 0.1) is 13.8 Å². The number of carbonyl (C=O) groups is 1. The topological polar surface area (TPSA) is 58.8 Å². The van der Waals surface area contributed by atoms with E-state index >= 15 is 0 Å². The molecule has 1 aliphatic rings. The highest BCUT2D eigenvalue weighted by atomic mass is 32.2. The Morgan fingerprint density at radius 2 is 2.00 bits per heavy atom. The standard InChI is InChI=1S/C22H31N3O3S/c1-16-21(17(2)28-23-16)14-29-15-22(26)25(13-20-6-5-11-27-20)12-18-7-9-19(10-8-18)24(3)4/h7-10,20H,5-6,11-15H2,1-4H3. The molecular formula is C22H31N3O3S. The number of ether oxygens (including phenoxy) is 1. The van der Waals surface area contributed by atoms with Gasteiger partial charge in [-0.25, -0.2) is 0 Å². The number of anilines is 1. The lowest BCUT2D eigenvalue weighted by molar-refractivity contribution is -0.130. The first-order valence-corrected chi connectivity index (χ1v) is 11.2. The fraction of sp³-hybridized carbons (Fsp3) is 0.545. The summed E-state index contributed by atoms with van der Waals surface area (Å²) in [6.07, 6.45) is 2.24. The minimum Gasteiger partial charge on any atom is -0.378 e. The number of carbonyl (C=O) groups excluding carboxylic acids is 1. The maximum Gasteiger partial charge on any atom is 0.232 e. The molecular weight excluding hydrogens is 386 g/mol. The van der Waals surface area contributed by atoms with Crippen LogP contribution < -0.4 is 4.90 Å². The summed E-state index contributed by atoms with van der Waals surface area (Å²) < 4.78 is 11.0. The molecule has 29 heavy (non-hydrogen) atoms. The number of nitrogens with zero attached hydrogens (tertiary/aromatic N) is 3. The number of aryl methyl sites for hydroxylation is 2. The molecule has 0 saturated carbocycles. The van der Waals surface area contributed by atoms with Crippen LogP contribution in [0.25, 0.3) is 0 Å². The van der Waals surface area contributed by atoms with Crippen molar-refractivity contribution in [2.24, 2.45) is 0 Å². The SMILES string of the molecule is Cc1noc(C)c1CSCC(=O)N(Cc1ccc(N(C)C)cc1)CC1CCCO1. The zero-order valence-electron chi connectivity index (χ0n) is 17.8. The Labute approximate surface area is 177 Å². The number of hydrogen-bond acceptors (Lipinski definition) is 6. The van der Waals surface area contributed by atoms with Gasteiger partial charge in [0.25, 0.3) is 0 Å². The van der Waals surface area contributed by atoms with Gasteiger partial charge in [0.1, 0.15) is 5.76 Å². The van der Waals surface area contributed by atoms with Crippen molar-refractivity contribution in [3.05, 3.63) is 46.8 Å². The lowest BCUT2D eigenvalue weighted by Crippen LogP contribution is -2.38. The van der Waals surface area contributed by atoms with Gasteiger partial charge in [0, 0.05) is 50.8 Å². The van der Waals surface area contributed by atoms with E-state index in [1.807, 2.05) is 32.8 Å². The smallest absolute Gasteiger partial charge is 0.232 e. The number of rotatable bonds is 9. The molecule has 1 fully saturated rings. The Morgan fingerprint density at radius 1 is 1.24 bits per heavy atom. The van der Waals surface area contributed by atoms with E-state index in [4.69, 9.17) is 9.26 Å². The monoisotopic (exact) mass is 417 g/mol. The second kappa shape index (κ2) is 10.2. The van der Waals surface area contributed by atoms with E-state index in [1.165, 1.54) is 0 Å². The molecule has 6 nitrogen and oxygen atoms in total. The van der Waals surface area contributed by atoms with Crippen molar-refractivity contribution in [1.29, 1.82) is 0 Å². The van der Waals surface area contributed by atoms with Gasteiger partial charge in [-0.15, -0.1) is 11.8 Å². The first-order valence-electron chi connectivity index (χ1n) is 10.1. The molecule has 3 rings (SSSR count). The van der Waals surface area contributed by atoms with E-state index in [0.29, 0.717) is 18.8 Å². The minimum absolute atomic E-state index is 0.146. The highest BCUT2D eigenvalue weighted by Crippen LogP contribution is 2.21. The fourth-order valence-electron chi connectivity index (χ4n) is 3.45. The van der Waals surface area contributed by atoms with Crippen LogP contribution in [-0.2, 0) is 21.8 Å². The van der Waals surface area contributed by atoms with E-state index in [-0.39, 0.29) is 12.0 Å². The summed E-state index contributed by atoms with van der Waals surface area (Å²) in [4.78, 5) is 17.0. The third kappa shape index (κ3) is 6.00. The largest absolute Gasteiger partial charge is 0.378 e. The van der Waals surface area contributed by atoms with Gasteiger partial charge in [-0.1, -0.05) is 17.3 Å². The molecule has 0 radical (unpaired) electrons. The molecule has 0 aliphatic carbocycles. The first kappa shape index (κ1) is 21.7. The Kier molecular flexibility index (Phi) is 7.61. The quantitative estimate of drug-likeness (QED) is 0.619. The van der Waals surface area contributed by atoms with Crippen LogP contribution in [0.1, 0.15) is 35.4 Å². The van der Waals surface area contributed by atoms with Gasteiger partial charge in [-0.3, -0.25) is 4.79 Å². The van der Waals surface area contributed by atoms with Crippen molar-refractivity contribution in [1.82, 2.24) is 10.1 Å². The van der Waals surface area contributed by atoms with Crippen LogP contribution in [0.5, 0.6) is 0 Å². The molecule has 1 amide bonds. The van der Waals surface area contributed by atoms with Gasteiger partial charge in [0.05, 0.1) is 17.6 Å². The third-order valence-corrected chi connectivity index (χ3v) is 6.22. The molecule has 2 aromatic rings. The summed E-state index contributed by atoms with van der Waals surface area (Å²) in [6, 6.07) is 8.39. The minimum atomic E-state index is 0.146. The Morgan fingerprint density at radius 3 is 2.59 bits per heavy atom. The van der Waals surface area contributed by atoms with E-state index in [2.05, 4.69) is 34.3 Å². The van der Waals surface area contributed by atoms with Crippen LogP contribution in [0.2, 0.25) is 0 Å². The molecule has 1 aromatic carbocycles. The molecule has 7 heteroatoms. The average Bonchev–Trinajstić information content (AvgIpc) is 3.32. The molecule has 1 aromatic heterocycles. The van der Waals surface area contributed by atoms with Crippen LogP contribution in [0.3, 0.4) is 0 Å². The molecule has 0 bridgehead atoms. The van der Waals surface area contributed by atoms with E-state index in [0.717, 1.165) is 53.5 Å². The summed E-state index contributed by atoms with van der Waals surface area (Å²) >= 11 is 1.61. The second-order valence-electron chi connectivity index (χ2n) is 7.77. The molecule has 1 aliphatic heterocycles. The maximum absolute atomic E-state index is 13.0. The molecule has 0 N–H and O–H groups in total. The number of thioether (sulfide) groups is 1. The zero-order chi connectivity index (χ0) is 20.8. The average molecular weight is 418 g/mol. The van der Waals surface area contributed by atoms with Crippen LogP contribution in [-0.4, -0.2) is 55.1 Å². The molecule has 1 unspecified atom stereocenters. The van der Waals surface area contributed by atoms with Gasteiger partial charge in [-0.05, 0) is 44.4 Å². The predicted octanol–water partition coefficient (Wildman–Crippen LogP) is 3.80. The molecule has 1 saturated heterocycles. The number of amides is 1. The normalized spacial score (nSPS) is 16.2. The van der Waals surface area contributed by atoms with Gasteiger partial charge >= 0.3 is 0 Å². The number of hydrogen-bond donors (Lipinski definition) is 0. The summed E-state index contributed by atoms with van der Waals surface area (Å²) in [5.41, 5.74) is 4.28. The predicted molar refractivity (Wildman–Crippen MR) is 117 cm³/mol. The molecule has 2 heterocycles. The van der Waals surface area contributed by atoms with Gasteiger partial charge in [0.15, 0.2) is 0 Å². The van der Waals surface area contributed by atoms with Crippen molar-refractivity contribution in [3.63, 3.8) is 0 Å². The highest BCUT2D eigenvalue weighted by molar-refractivity contribution is 7.99.